The minimum absolute atomic E-state index is 0.191. The number of carbonyl (C=O) groups excluding carboxylic acids is 1. The van der Waals surface area contributed by atoms with Crippen molar-refractivity contribution in [3.63, 3.8) is 0 Å². The number of carbonyl (C=O) groups is 1. The zero-order valence-corrected chi connectivity index (χ0v) is 20.7. The monoisotopic (exact) mass is 518 g/mol. The van der Waals surface area contributed by atoms with E-state index in [9.17, 15) is 9.90 Å². The number of anilines is 1. The predicted molar refractivity (Wildman–Crippen MR) is 134 cm³/mol. The van der Waals surface area contributed by atoms with E-state index in [-0.39, 0.29) is 11.9 Å². The van der Waals surface area contributed by atoms with E-state index >= 15 is 0 Å². The van der Waals surface area contributed by atoms with Gasteiger partial charge in [-0.3, -0.25) is 4.79 Å². The molecule has 10 heteroatoms. The number of halogens is 2. The standard InChI is InChI=1S/C24H24Cl2N4O3S/c25-15-3-1-2-14(10-15)11-21(31)30-7-4-19-17(23(30)32)12-20(34-19)22-18(26)13-27-24(29-22)28-16-5-8-33-9-6-16/h1-3,10,12-13,16,21,31H,4-9,11H2,(H,27,28,29)/t21-/m0/s1. The van der Waals surface area contributed by atoms with E-state index in [2.05, 4.69) is 15.3 Å². The minimum Gasteiger partial charge on any atom is -0.381 e. The van der Waals surface area contributed by atoms with E-state index < -0.39 is 6.23 Å². The molecule has 2 aromatic heterocycles. The molecule has 4 heterocycles. The third-order valence-electron chi connectivity index (χ3n) is 6.08. The van der Waals surface area contributed by atoms with Gasteiger partial charge >= 0.3 is 0 Å². The molecule has 1 atom stereocenters. The van der Waals surface area contributed by atoms with Gasteiger partial charge in [-0.25, -0.2) is 9.97 Å². The summed E-state index contributed by atoms with van der Waals surface area (Å²) in [5.41, 5.74) is 2.07. The average Bonchev–Trinajstić information content (AvgIpc) is 3.26. The van der Waals surface area contributed by atoms with E-state index in [4.69, 9.17) is 27.9 Å². The van der Waals surface area contributed by atoms with Crippen molar-refractivity contribution in [2.24, 2.45) is 0 Å². The van der Waals surface area contributed by atoms with E-state index in [1.807, 2.05) is 18.2 Å². The number of ether oxygens (including phenoxy) is 1. The maximum atomic E-state index is 13.2. The third kappa shape index (κ3) is 5.06. The van der Waals surface area contributed by atoms with Crippen molar-refractivity contribution < 1.29 is 14.6 Å². The summed E-state index contributed by atoms with van der Waals surface area (Å²) in [7, 11) is 0. The minimum atomic E-state index is -0.930. The first kappa shape index (κ1) is 23.5. The number of aliphatic hydroxyl groups is 1. The van der Waals surface area contributed by atoms with Gasteiger partial charge in [0, 0.05) is 48.5 Å². The van der Waals surface area contributed by atoms with Crippen LogP contribution < -0.4 is 5.32 Å². The first-order chi connectivity index (χ1) is 16.5. The fourth-order valence-corrected chi connectivity index (χ4v) is 5.90. The second-order valence-corrected chi connectivity index (χ2v) is 10.4. The fourth-order valence-electron chi connectivity index (χ4n) is 4.29. The van der Waals surface area contributed by atoms with Gasteiger partial charge in [-0.1, -0.05) is 35.3 Å². The van der Waals surface area contributed by atoms with Crippen LogP contribution in [0.1, 0.15) is 33.6 Å². The van der Waals surface area contributed by atoms with Crippen LogP contribution in [0.15, 0.2) is 36.5 Å². The number of fused-ring (bicyclic) bond motifs is 1. The molecule has 0 bridgehead atoms. The zero-order chi connectivity index (χ0) is 23.7. The topological polar surface area (TPSA) is 87.6 Å². The van der Waals surface area contributed by atoms with E-state index in [1.54, 1.807) is 18.3 Å². The lowest BCUT2D eigenvalue weighted by molar-refractivity contribution is 0.00649. The average molecular weight is 519 g/mol. The van der Waals surface area contributed by atoms with Crippen LogP contribution in [0.4, 0.5) is 5.95 Å². The lowest BCUT2D eigenvalue weighted by atomic mass is 10.1. The van der Waals surface area contributed by atoms with Crippen LogP contribution >= 0.6 is 34.5 Å². The summed E-state index contributed by atoms with van der Waals surface area (Å²) in [6.07, 6.45) is 3.44. The first-order valence-electron chi connectivity index (χ1n) is 11.2. The number of amides is 1. The highest BCUT2D eigenvalue weighted by molar-refractivity contribution is 7.16. The Morgan fingerprint density at radius 2 is 2.09 bits per heavy atom. The summed E-state index contributed by atoms with van der Waals surface area (Å²) in [6.45, 7) is 1.89. The molecule has 2 aliphatic heterocycles. The molecule has 0 spiro atoms. The van der Waals surface area contributed by atoms with Crippen LogP contribution in [0.2, 0.25) is 10.0 Å². The van der Waals surface area contributed by atoms with Crippen molar-refractivity contribution >= 4 is 46.4 Å². The molecule has 0 aliphatic carbocycles. The van der Waals surface area contributed by atoms with Crippen LogP contribution in [-0.4, -0.2) is 57.9 Å². The number of nitrogens with one attached hydrogen (secondary N) is 1. The highest BCUT2D eigenvalue weighted by atomic mass is 35.5. The molecule has 1 fully saturated rings. The largest absolute Gasteiger partial charge is 0.381 e. The van der Waals surface area contributed by atoms with Crippen LogP contribution in [0, 0.1) is 0 Å². The Morgan fingerprint density at radius 3 is 2.88 bits per heavy atom. The molecule has 2 aliphatic rings. The summed E-state index contributed by atoms with van der Waals surface area (Å²) in [4.78, 5) is 25.5. The Kier molecular flexibility index (Phi) is 7.04. The molecule has 1 saturated heterocycles. The van der Waals surface area contributed by atoms with E-state index in [0.29, 0.717) is 46.6 Å². The van der Waals surface area contributed by atoms with E-state index in [0.717, 1.165) is 41.4 Å². The summed E-state index contributed by atoms with van der Waals surface area (Å²) >= 11 is 14.0. The molecule has 0 radical (unpaired) electrons. The first-order valence-corrected chi connectivity index (χ1v) is 12.8. The molecule has 7 nitrogen and oxygen atoms in total. The summed E-state index contributed by atoms with van der Waals surface area (Å²) < 4.78 is 5.41. The molecule has 0 unspecified atom stereocenters. The molecule has 1 amide bonds. The Bertz CT molecular complexity index is 1200. The second-order valence-electron chi connectivity index (χ2n) is 8.43. The van der Waals surface area contributed by atoms with Crippen LogP contribution in [-0.2, 0) is 17.6 Å². The van der Waals surface area contributed by atoms with Gasteiger partial charge in [-0.2, -0.15) is 0 Å². The number of hydrogen-bond donors (Lipinski definition) is 2. The quantitative estimate of drug-likeness (QED) is 0.493. The highest BCUT2D eigenvalue weighted by Crippen LogP contribution is 2.37. The van der Waals surface area contributed by atoms with Crippen molar-refractivity contribution in [1.29, 1.82) is 0 Å². The lowest BCUT2D eigenvalue weighted by Gasteiger charge is -2.31. The molecule has 34 heavy (non-hydrogen) atoms. The SMILES string of the molecule is O=C1c2cc(-c3nc(NC4CCOCC4)ncc3Cl)sc2CCN1[C@@H](O)Cc1cccc(Cl)c1. The van der Waals surface area contributed by atoms with Gasteiger partial charge in [0.25, 0.3) is 5.91 Å². The van der Waals surface area contributed by atoms with Gasteiger partial charge in [0.15, 0.2) is 0 Å². The Balaban J connectivity index is 1.34. The Labute approximate surface area is 211 Å². The molecule has 5 rings (SSSR count). The van der Waals surface area contributed by atoms with Crippen LogP contribution in [0.25, 0.3) is 10.6 Å². The molecule has 2 N–H and O–H groups in total. The molecule has 0 saturated carbocycles. The Hall–Kier alpha value is -2.23. The van der Waals surface area contributed by atoms with Crippen LogP contribution in [0.5, 0.6) is 0 Å². The number of benzene rings is 1. The Morgan fingerprint density at radius 1 is 1.26 bits per heavy atom. The number of nitrogens with zero attached hydrogens (tertiary/aromatic N) is 3. The van der Waals surface area contributed by atoms with E-state index in [1.165, 1.54) is 16.2 Å². The van der Waals surface area contributed by atoms with Crippen LogP contribution in [0.3, 0.4) is 0 Å². The van der Waals surface area contributed by atoms with Crippen molar-refractivity contribution in [1.82, 2.24) is 14.9 Å². The number of rotatable bonds is 6. The maximum Gasteiger partial charge on any atom is 0.257 e. The predicted octanol–water partition coefficient (Wildman–Crippen LogP) is 4.66. The van der Waals surface area contributed by atoms with Gasteiger partial charge in [-0.15, -0.1) is 11.3 Å². The normalized spacial score (nSPS) is 17.5. The number of hydrogen-bond acceptors (Lipinski definition) is 7. The zero-order valence-electron chi connectivity index (χ0n) is 18.3. The van der Waals surface area contributed by atoms with Gasteiger partial charge in [0.1, 0.15) is 11.9 Å². The molecule has 1 aromatic carbocycles. The van der Waals surface area contributed by atoms with Crippen molar-refractivity contribution in [2.45, 2.75) is 38.0 Å². The molecular weight excluding hydrogens is 495 g/mol. The van der Waals surface area contributed by atoms with Crippen molar-refractivity contribution in [3.8, 4) is 10.6 Å². The lowest BCUT2D eigenvalue weighted by Crippen LogP contribution is -2.45. The van der Waals surface area contributed by atoms with Crippen molar-refractivity contribution in [3.05, 3.63) is 62.6 Å². The summed E-state index contributed by atoms with van der Waals surface area (Å²) in [6, 6.07) is 9.40. The third-order valence-corrected chi connectivity index (χ3v) is 7.79. The second kappa shape index (κ2) is 10.2. The molecular formula is C24H24Cl2N4O3S. The van der Waals surface area contributed by atoms with Gasteiger partial charge in [0.05, 0.1) is 21.7 Å². The summed E-state index contributed by atoms with van der Waals surface area (Å²) in [5, 5.41) is 15.2. The molecule has 3 aromatic rings. The van der Waals surface area contributed by atoms with Gasteiger partial charge in [-0.05, 0) is 36.6 Å². The number of aliphatic hydroxyl groups excluding tert-OH is 1. The van der Waals surface area contributed by atoms with Gasteiger partial charge in [0.2, 0.25) is 5.95 Å². The fraction of sp³-hybridized carbons (Fsp3) is 0.375. The van der Waals surface area contributed by atoms with Gasteiger partial charge < -0.3 is 20.1 Å². The number of thiophene rings is 1. The molecule has 178 valence electrons. The highest BCUT2D eigenvalue weighted by Gasteiger charge is 2.31. The smallest absolute Gasteiger partial charge is 0.257 e. The number of aromatic nitrogens is 2. The van der Waals surface area contributed by atoms with Crippen molar-refractivity contribution in [2.75, 3.05) is 25.1 Å². The summed E-state index contributed by atoms with van der Waals surface area (Å²) in [5.74, 6) is 0.326. The maximum absolute atomic E-state index is 13.2.